The summed E-state index contributed by atoms with van der Waals surface area (Å²) in [5.41, 5.74) is 2.16. The number of likely N-dealkylation sites (tertiary alicyclic amines) is 1. The molecule has 5 heteroatoms. The molecular weight excluding hydrogens is 348 g/mol. The van der Waals surface area contributed by atoms with E-state index in [4.69, 9.17) is 4.74 Å². The normalized spacial score (nSPS) is 22.0. The fourth-order valence-corrected chi connectivity index (χ4v) is 4.44. The zero-order chi connectivity index (χ0) is 19.2. The molecule has 1 N–H and O–H groups in total. The first-order valence-corrected chi connectivity index (χ1v) is 10.4. The first-order chi connectivity index (χ1) is 13.8. The highest BCUT2D eigenvalue weighted by Gasteiger charge is 2.35. The number of nitrogens with one attached hydrogen (secondary N) is 1. The summed E-state index contributed by atoms with van der Waals surface area (Å²) in [6.07, 6.45) is 7.36. The molecular formula is C23H30N4O. The summed E-state index contributed by atoms with van der Waals surface area (Å²) in [7, 11) is 1.89. The molecule has 2 fully saturated rings. The monoisotopic (exact) mass is 378 g/mol. The minimum absolute atomic E-state index is 0.488. The molecule has 2 aromatic rings. The van der Waals surface area contributed by atoms with Crippen molar-refractivity contribution in [2.24, 2.45) is 16.8 Å². The van der Waals surface area contributed by atoms with E-state index in [2.05, 4.69) is 32.3 Å². The van der Waals surface area contributed by atoms with Crippen LogP contribution in [0, 0.1) is 11.8 Å². The third-order valence-corrected chi connectivity index (χ3v) is 5.97. The quantitative estimate of drug-likeness (QED) is 0.634. The third-order valence-electron chi connectivity index (χ3n) is 5.97. The summed E-state index contributed by atoms with van der Waals surface area (Å²) in [6.45, 7) is 3.58. The Labute approximate surface area is 167 Å². The van der Waals surface area contributed by atoms with Gasteiger partial charge in [-0.05, 0) is 54.5 Å². The number of rotatable bonds is 5. The van der Waals surface area contributed by atoms with Crippen molar-refractivity contribution < 1.29 is 4.74 Å². The lowest BCUT2D eigenvalue weighted by molar-refractivity contribution is 0.299. The largest absolute Gasteiger partial charge is 0.487 e. The standard InChI is InChI=1S/C23H30N4O/c1-24-23(27-15-19-6-2-3-7-20(19)16-27)26-14-18-9-11-22(12-10-18)28-17-21-8-4-5-13-25-21/h4-5,8-13,19-20H,2-3,6-7,14-17H2,1H3,(H,24,26). The Morgan fingerprint density at radius 3 is 2.50 bits per heavy atom. The number of guanidine groups is 1. The maximum absolute atomic E-state index is 5.81. The Hall–Kier alpha value is -2.56. The van der Waals surface area contributed by atoms with Crippen molar-refractivity contribution in [2.75, 3.05) is 20.1 Å². The van der Waals surface area contributed by atoms with Crippen LogP contribution in [-0.2, 0) is 13.2 Å². The number of ether oxygens (including phenoxy) is 1. The zero-order valence-electron chi connectivity index (χ0n) is 16.7. The zero-order valence-corrected chi connectivity index (χ0v) is 16.7. The van der Waals surface area contributed by atoms with Crippen LogP contribution in [0.25, 0.3) is 0 Å². The number of pyridine rings is 1. The van der Waals surface area contributed by atoms with Crippen molar-refractivity contribution in [3.63, 3.8) is 0 Å². The number of benzene rings is 1. The van der Waals surface area contributed by atoms with Gasteiger partial charge in [-0.25, -0.2) is 0 Å². The second kappa shape index (κ2) is 9.09. The van der Waals surface area contributed by atoms with Crippen LogP contribution in [0.15, 0.2) is 53.7 Å². The second-order valence-electron chi connectivity index (χ2n) is 7.86. The van der Waals surface area contributed by atoms with Crippen molar-refractivity contribution in [3.05, 3.63) is 59.9 Å². The molecule has 2 aliphatic rings. The predicted molar refractivity (Wildman–Crippen MR) is 112 cm³/mol. The van der Waals surface area contributed by atoms with E-state index in [9.17, 15) is 0 Å². The lowest BCUT2D eigenvalue weighted by Crippen LogP contribution is -2.39. The van der Waals surface area contributed by atoms with Gasteiger partial charge in [0.05, 0.1) is 5.69 Å². The molecule has 2 heterocycles. The molecule has 1 saturated carbocycles. The molecule has 0 spiro atoms. The summed E-state index contributed by atoms with van der Waals surface area (Å²) < 4.78 is 5.81. The average Bonchev–Trinajstić information content (AvgIpc) is 3.18. The first-order valence-electron chi connectivity index (χ1n) is 10.4. The van der Waals surface area contributed by atoms with E-state index in [-0.39, 0.29) is 0 Å². The van der Waals surface area contributed by atoms with Crippen molar-refractivity contribution >= 4 is 5.96 Å². The van der Waals surface area contributed by atoms with Gasteiger partial charge in [0.1, 0.15) is 12.4 Å². The number of fused-ring (bicyclic) bond motifs is 1. The maximum Gasteiger partial charge on any atom is 0.193 e. The van der Waals surface area contributed by atoms with Gasteiger partial charge in [-0.1, -0.05) is 31.0 Å². The van der Waals surface area contributed by atoms with Crippen molar-refractivity contribution in [1.82, 2.24) is 15.2 Å². The van der Waals surface area contributed by atoms with E-state index in [0.717, 1.165) is 48.9 Å². The number of hydrogen-bond acceptors (Lipinski definition) is 3. The van der Waals surface area contributed by atoms with Gasteiger partial charge in [0.15, 0.2) is 5.96 Å². The molecule has 0 bridgehead atoms. The number of aliphatic imine (C=N–C) groups is 1. The van der Waals surface area contributed by atoms with Gasteiger partial charge >= 0.3 is 0 Å². The van der Waals surface area contributed by atoms with Crippen LogP contribution in [0.5, 0.6) is 5.75 Å². The van der Waals surface area contributed by atoms with E-state index < -0.39 is 0 Å². The van der Waals surface area contributed by atoms with Gasteiger partial charge in [-0.15, -0.1) is 0 Å². The van der Waals surface area contributed by atoms with Crippen LogP contribution < -0.4 is 10.1 Å². The molecule has 1 aliphatic heterocycles. The van der Waals surface area contributed by atoms with Crippen LogP contribution in [-0.4, -0.2) is 36.0 Å². The van der Waals surface area contributed by atoms with E-state index in [1.807, 2.05) is 37.4 Å². The lowest BCUT2D eigenvalue weighted by atomic mass is 9.82. The second-order valence-corrected chi connectivity index (χ2v) is 7.86. The van der Waals surface area contributed by atoms with Crippen molar-refractivity contribution in [3.8, 4) is 5.75 Å². The smallest absolute Gasteiger partial charge is 0.193 e. The molecule has 28 heavy (non-hydrogen) atoms. The SMILES string of the molecule is CN=C(NCc1ccc(OCc2ccccn2)cc1)N1CC2CCCCC2C1. The van der Waals surface area contributed by atoms with Gasteiger partial charge in [-0.3, -0.25) is 9.98 Å². The number of aromatic nitrogens is 1. The Kier molecular flexibility index (Phi) is 6.10. The van der Waals surface area contributed by atoms with Crippen LogP contribution in [0.1, 0.15) is 36.9 Å². The lowest BCUT2D eigenvalue weighted by Gasteiger charge is -2.22. The Morgan fingerprint density at radius 1 is 1.11 bits per heavy atom. The molecule has 2 unspecified atom stereocenters. The van der Waals surface area contributed by atoms with Crippen LogP contribution >= 0.6 is 0 Å². The fourth-order valence-electron chi connectivity index (χ4n) is 4.44. The summed E-state index contributed by atoms with van der Waals surface area (Å²) >= 11 is 0. The summed E-state index contributed by atoms with van der Waals surface area (Å²) in [4.78, 5) is 11.3. The molecule has 4 rings (SSSR count). The highest BCUT2D eigenvalue weighted by atomic mass is 16.5. The molecule has 0 radical (unpaired) electrons. The topological polar surface area (TPSA) is 49.8 Å². The fraction of sp³-hybridized carbons (Fsp3) is 0.478. The minimum Gasteiger partial charge on any atom is -0.487 e. The minimum atomic E-state index is 0.488. The van der Waals surface area contributed by atoms with Crippen molar-refractivity contribution in [1.29, 1.82) is 0 Å². The predicted octanol–water partition coefficient (Wildman–Crippen LogP) is 3.86. The summed E-state index contributed by atoms with van der Waals surface area (Å²) in [6, 6.07) is 14.1. The van der Waals surface area contributed by atoms with Gasteiger partial charge in [0.2, 0.25) is 0 Å². The molecule has 2 atom stereocenters. The van der Waals surface area contributed by atoms with Gasteiger partial charge in [0.25, 0.3) is 0 Å². The van der Waals surface area contributed by atoms with Crippen LogP contribution in [0.4, 0.5) is 0 Å². The third kappa shape index (κ3) is 4.64. The van der Waals surface area contributed by atoms with Crippen molar-refractivity contribution in [2.45, 2.75) is 38.8 Å². The molecule has 1 saturated heterocycles. The molecule has 148 valence electrons. The molecule has 1 aliphatic carbocycles. The maximum atomic E-state index is 5.81. The summed E-state index contributed by atoms with van der Waals surface area (Å²) in [5.74, 6) is 3.62. The first kappa shape index (κ1) is 18.8. The molecule has 0 amide bonds. The van der Waals surface area contributed by atoms with Crippen LogP contribution in [0.2, 0.25) is 0 Å². The van der Waals surface area contributed by atoms with E-state index >= 15 is 0 Å². The molecule has 5 nitrogen and oxygen atoms in total. The molecule has 1 aromatic carbocycles. The highest BCUT2D eigenvalue weighted by Crippen LogP contribution is 2.35. The highest BCUT2D eigenvalue weighted by molar-refractivity contribution is 5.80. The number of nitrogens with zero attached hydrogens (tertiary/aromatic N) is 3. The summed E-state index contributed by atoms with van der Waals surface area (Å²) in [5, 5.41) is 3.54. The van der Waals surface area contributed by atoms with E-state index in [0.29, 0.717) is 6.61 Å². The Balaban J connectivity index is 1.27. The van der Waals surface area contributed by atoms with Gasteiger partial charge < -0.3 is 15.0 Å². The number of hydrogen-bond donors (Lipinski definition) is 1. The Morgan fingerprint density at radius 2 is 1.86 bits per heavy atom. The molecule has 1 aromatic heterocycles. The van der Waals surface area contributed by atoms with Gasteiger partial charge in [-0.2, -0.15) is 0 Å². The van der Waals surface area contributed by atoms with E-state index in [1.54, 1.807) is 6.20 Å². The average molecular weight is 379 g/mol. The van der Waals surface area contributed by atoms with E-state index in [1.165, 1.54) is 31.2 Å². The van der Waals surface area contributed by atoms with Gasteiger partial charge in [0, 0.05) is 32.9 Å². The Bertz CT molecular complexity index is 761. The van der Waals surface area contributed by atoms with Crippen LogP contribution in [0.3, 0.4) is 0 Å².